The molecule has 3 heteroatoms. The number of aromatic hydroxyl groups is 1. The van der Waals surface area contributed by atoms with Gasteiger partial charge in [-0.2, -0.15) is 5.26 Å². The molecule has 0 bridgehead atoms. The van der Waals surface area contributed by atoms with Crippen LogP contribution in [0, 0.1) is 11.3 Å². The van der Waals surface area contributed by atoms with Crippen molar-refractivity contribution in [2.24, 2.45) is 0 Å². The molecule has 0 aromatic heterocycles. The first kappa shape index (κ1) is 12.7. The first-order valence-corrected chi connectivity index (χ1v) is 5.82. The molecule has 0 fully saturated rings. The molecule has 2 aromatic carbocycles. The lowest BCUT2D eigenvalue weighted by Gasteiger charge is -2.08. The zero-order chi connectivity index (χ0) is 13.7. The summed E-state index contributed by atoms with van der Waals surface area (Å²) in [5.74, 6) is 0.764. The van der Waals surface area contributed by atoms with E-state index in [4.69, 9.17) is 10.00 Å². The monoisotopic (exact) mass is 251 g/mol. The van der Waals surface area contributed by atoms with E-state index >= 15 is 0 Å². The van der Waals surface area contributed by atoms with Crippen LogP contribution in [0.3, 0.4) is 0 Å². The second-order valence-electron chi connectivity index (χ2n) is 3.97. The van der Waals surface area contributed by atoms with Crippen LogP contribution in [0.25, 0.3) is 11.1 Å². The van der Waals surface area contributed by atoms with Crippen molar-refractivity contribution in [1.82, 2.24) is 0 Å². The van der Waals surface area contributed by atoms with Gasteiger partial charge in [0.2, 0.25) is 0 Å². The van der Waals surface area contributed by atoms with Gasteiger partial charge in [-0.1, -0.05) is 30.9 Å². The molecule has 2 aromatic rings. The minimum Gasteiger partial charge on any atom is -0.508 e. The van der Waals surface area contributed by atoms with E-state index in [1.165, 1.54) is 0 Å². The fourth-order valence-corrected chi connectivity index (χ4v) is 1.73. The first-order chi connectivity index (χ1) is 9.24. The van der Waals surface area contributed by atoms with Crippen molar-refractivity contribution in [3.63, 3.8) is 0 Å². The smallest absolute Gasteiger partial charge is 0.137 e. The van der Waals surface area contributed by atoms with Crippen molar-refractivity contribution in [2.75, 3.05) is 6.61 Å². The summed E-state index contributed by atoms with van der Waals surface area (Å²) in [6.07, 6.45) is 1.63. The van der Waals surface area contributed by atoms with Gasteiger partial charge < -0.3 is 9.84 Å². The molecule has 0 aliphatic rings. The van der Waals surface area contributed by atoms with Crippen molar-refractivity contribution in [3.05, 3.63) is 60.7 Å². The van der Waals surface area contributed by atoms with E-state index in [-0.39, 0.29) is 5.75 Å². The Bertz CT molecular complexity index is 624. The van der Waals surface area contributed by atoms with Gasteiger partial charge in [-0.3, -0.25) is 0 Å². The van der Waals surface area contributed by atoms with Crippen LogP contribution in [0.1, 0.15) is 5.56 Å². The lowest BCUT2D eigenvalue weighted by molar-refractivity contribution is 0.362. The number of phenols is 1. The van der Waals surface area contributed by atoms with E-state index < -0.39 is 0 Å². The predicted octanol–water partition coefficient (Wildman–Crippen LogP) is 3.50. The quantitative estimate of drug-likeness (QED) is 0.846. The molecule has 19 heavy (non-hydrogen) atoms. The van der Waals surface area contributed by atoms with Crippen LogP contribution in [0.15, 0.2) is 55.1 Å². The van der Waals surface area contributed by atoms with Crippen molar-refractivity contribution in [1.29, 1.82) is 5.26 Å². The molecule has 0 amide bonds. The molecular formula is C16H13NO2. The Kier molecular flexibility index (Phi) is 3.84. The average molecular weight is 251 g/mol. The molecule has 94 valence electrons. The van der Waals surface area contributed by atoms with Gasteiger partial charge in [-0.15, -0.1) is 0 Å². The van der Waals surface area contributed by atoms with Crippen molar-refractivity contribution in [3.8, 4) is 28.7 Å². The van der Waals surface area contributed by atoms with Gasteiger partial charge in [-0.05, 0) is 35.4 Å². The minimum absolute atomic E-state index is 0.218. The van der Waals surface area contributed by atoms with Crippen LogP contribution in [0.2, 0.25) is 0 Å². The van der Waals surface area contributed by atoms with Gasteiger partial charge in [0.05, 0.1) is 5.56 Å². The number of phenolic OH excluding ortho intramolecular Hbond substituents is 1. The Labute approximate surface area is 112 Å². The molecule has 1 N–H and O–H groups in total. The van der Waals surface area contributed by atoms with E-state index in [1.807, 2.05) is 6.07 Å². The van der Waals surface area contributed by atoms with Crippen LogP contribution >= 0.6 is 0 Å². The maximum absolute atomic E-state index is 9.26. The molecule has 0 saturated heterocycles. The molecule has 2 rings (SSSR count). The van der Waals surface area contributed by atoms with Crippen LogP contribution in [0.5, 0.6) is 11.5 Å². The number of rotatable bonds is 4. The van der Waals surface area contributed by atoms with E-state index in [2.05, 4.69) is 12.6 Å². The van der Waals surface area contributed by atoms with Crippen LogP contribution in [-0.4, -0.2) is 11.7 Å². The van der Waals surface area contributed by atoms with Gasteiger partial charge in [0.25, 0.3) is 0 Å². The Hall–Kier alpha value is -2.73. The van der Waals surface area contributed by atoms with E-state index in [9.17, 15) is 5.11 Å². The molecule has 0 heterocycles. The van der Waals surface area contributed by atoms with Gasteiger partial charge >= 0.3 is 0 Å². The molecular weight excluding hydrogens is 238 g/mol. The Morgan fingerprint density at radius 3 is 2.47 bits per heavy atom. The zero-order valence-electron chi connectivity index (χ0n) is 10.3. The Balaban J connectivity index is 2.36. The topological polar surface area (TPSA) is 53.2 Å². The molecule has 0 atom stereocenters. The lowest BCUT2D eigenvalue weighted by Crippen LogP contribution is -1.95. The SMILES string of the molecule is C=CCOc1ccc(-c2ccc(O)cc2)cc1C#N. The van der Waals surface area contributed by atoms with Crippen LogP contribution in [-0.2, 0) is 0 Å². The summed E-state index contributed by atoms with van der Waals surface area (Å²) in [7, 11) is 0. The molecule has 0 unspecified atom stereocenters. The number of hydrogen-bond acceptors (Lipinski definition) is 3. The van der Waals surface area contributed by atoms with Gasteiger partial charge in [0, 0.05) is 0 Å². The summed E-state index contributed by atoms with van der Waals surface area (Å²) >= 11 is 0. The Morgan fingerprint density at radius 1 is 1.16 bits per heavy atom. The van der Waals surface area contributed by atoms with E-state index in [0.717, 1.165) is 11.1 Å². The molecule has 0 aliphatic carbocycles. The fraction of sp³-hybridized carbons (Fsp3) is 0.0625. The van der Waals surface area contributed by atoms with Crippen LogP contribution in [0.4, 0.5) is 0 Å². The number of benzene rings is 2. The second-order valence-corrected chi connectivity index (χ2v) is 3.97. The van der Waals surface area contributed by atoms with Crippen LogP contribution < -0.4 is 4.74 Å². The lowest BCUT2D eigenvalue weighted by atomic mass is 10.0. The van der Waals surface area contributed by atoms with Gasteiger partial charge in [0.15, 0.2) is 0 Å². The number of nitriles is 1. The summed E-state index contributed by atoms with van der Waals surface area (Å²) in [4.78, 5) is 0. The van der Waals surface area contributed by atoms with Gasteiger partial charge in [0.1, 0.15) is 24.2 Å². The number of ether oxygens (including phenoxy) is 1. The minimum atomic E-state index is 0.218. The third-order valence-corrected chi connectivity index (χ3v) is 2.66. The molecule has 3 nitrogen and oxygen atoms in total. The largest absolute Gasteiger partial charge is 0.508 e. The zero-order valence-corrected chi connectivity index (χ0v) is 10.3. The maximum atomic E-state index is 9.26. The highest BCUT2D eigenvalue weighted by molar-refractivity contribution is 5.67. The Morgan fingerprint density at radius 2 is 1.84 bits per heavy atom. The van der Waals surface area contributed by atoms with Gasteiger partial charge in [-0.25, -0.2) is 0 Å². The fourth-order valence-electron chi connectivity index (χ4n) is 1.73. The van der Waals surface area contributed by atoms with Crippen molar-refractivity contribution >= 4 is 0 Å². The highest BCUT2D eigenvalue weighted by Gasteiger charge is 2.06. The molecule has 0 saturated carbocycles. The summed E-state index contributed by atoms with van der Waals surface area (Å²) in [6, 6.07) is 14.4. The molecule has 0 radical (unpaired) electrons. The summed E-state index contributed by atoms with van der Waals surface area (Å²) in [5.41, 5.74) is 2.32. The first-order valence-electron chi connectivity index (χ1n) is 5.82. The predicted molar refractivity (Wildman–Crippen MR) is 73.9 cm³/mol. The standard InChI is InChI=1S/C16H13NO2/c1-2-9-19-16-8-5-13(10-14(16)11-17)12-3-6-15(18)7-4-12/h2-8,10,18H,1,9H2. The van der Waals surface area contributed by atoms with Crippen molar-refractivity contribution < 1.29 is 9.84 Å². The highest BCUT2D eigenvalue weighted by atomic mass is 16.5. The van der Waals surface area contributed by atoms with E-state index in [1.54, 1.807) is 42.5 Å². The maximum Gasteiger partial charge on any atom is 0.137 e. The molecule has 0 spiro atoms. The summed E-state index contributed by atoms with van der Waals surface area (Å²) < 4.78 is 5.41. The number of nitrogens with zero attached hydrogens (tertiary/aromatic N) is 1. The average Bonchev–Trinajstić information content (AvgIpc) is 2.46. The number of hydrogen-bond donors (Lipinski definition) is 1. The normalized spacial score (nSPS) is 9.63. The van der Waals surface area contributed by atoms with E-state index in [0.29, 0.717) is 17.9 Å². The summed E-state index contributed by atoms with van der Waals surface area (Å²) in [6.45, 7) is 3.94. The second kappa shape index (κ2) is 5.74. The highest BCUT2D eigenvalue weighted by Crippen LogP contribution is 2.27. The van der Waals surface area contributed by atoms with Crippen molar-refractivity contribution in [2.45, 2.75) is 0 Å². The third kappa shape index (κ3) is 2.93. The molecule has 0 aliphatic heterocycles. The third-order valence-electron chi connectivity index (χ3n) is 2.66. The summed E-state index contributed by atoms with van der Waals surface area (Å²) in [5, 5.41) is 18.4.